The van der Waals surface area contributed by atoms with Crippen molar-refractivity contribution in [3.8, 4) is 11.3 Å². The monoisotopic (exact) mass is 306 g/mol. The Bertz CT molecular complexity index is 775. The van der Waals surface area contributed by atoms with Crippen molar-refractivity contribution >= 4 is 0 Å². The van der Waals surface area contributed by atoms with Crippen molar-refractivity contribution in [3.05, 3.63) is 77.7 Å². The van der Waals surface area contributed by atoms with Crippen molar-refractivity contribution < 1.29 is 5.11 Å². The molecule has 0 fully saturated rings. The molecule has 23 heavy (non-hydrogen) atoms. The molecule has 1 aromatic heterocycles. The summed E-state index contributed by atoms with van der Waals surface area (Å²) in [5.41, 5.74) is 5.62. The van der Waals surface area contributed by atoms with Crippen LogP contribution in [0.5, 0.6) is 0 Å². The van der Waals surface area contributed by atoms with E-state index >= 15 is 0 Å². The molecule has 3 aromatic rings. The first-order valence-corrected chi connectivity index (χ1v) is 7.96. The van der Waals surface area contributed by atoms with Gasteiger partial charge in [-0.15, -0.1) is 0 Å². The number of aliphatic hydroxyl groups is 1. The summed E-state index contributed by atoms with van der Waals surface area (Å²) in [5.74, 6) is 0. The van der Waals surface area contributed by atoms with Crippen LogP contribution in [-0.2, 0) is 13.0 Å². The van der Waals surface area contributed by atoms with Crippen LogP contribution >= 0.6 is 0 Å². The van der Waals surface area contributed by atoms with Crippen LogP contribution in [0, 0.1) is 6.92 Å². The lowest BCUT2D eigenvalue weighted by Gasteiger charge is -2.12. The van der Waals surface area contributed by atoms with Gasteiger partial charge in [0.2, 0.25) is 0 Å². The highest BCUT2D eigenvalue weighted by atomic mass is 16.3. The number of rotatable bonds is 5. The summed E-state index contributed by atoms with van der Waals surface area (Å²) in [6.07, 6.45) is 2.07. The van der Waals surface area contributed by atoms with E-state index in [9.17, 15) is 5.11 Å². The highest BCUT2D eigenvalue weighted by Gasteiger charge is 2.15. The van der Waals surface area contributed by atoms with E-state index in [-0.39, 0.29) is 0 Å². The van der Waals surface area contributed by atoms with Gasteiger partial charge in [-0.25, -0.2) is 4.98 Å². The Hall–Kier alpha value is -2.39. The van der Waals surface area contributed by atoms with E-state index in [0.29, 0.717) is 6.42 Å². The second-order valence-electron chi connectivity index (χ2n) is 6.08. The fourth-order valence-electron chi connectivity index (χ4n) is 2.88. The Labute approximate surface area is 137 Å². The lowest BCUT2D eigenvalue weighted by molar-refractivity contribution is 0.193. The highest BCUT2D eigenvalue weighted by Crippen LogP contribution is 2.24. The first-order valence-electron chi connectivity index (χ1n) is 7.96. The average Bonchev–Trinajstić information content (AvgIpc) is 2.90. The van der Waals surface area contributed by atoms with Crippen molar-refractivity contribution in [3.63, 3.8) is 0 Å². The van der Waals surface area contributed by atoms with Crippen molar-refractivity contribution in [2.24, 2.45) is 0 Å². The fraction of sp³-hybridized carbons (Fsp3) is 0.250. The van der Waals surface area contributed by atoms with Gasteiger partial charge in [-0.3, -0.25) is 0 Å². The van der Waals surface area contributed by atoms with E-state index in [2.05, 4.69) is 52.9 Å². The van der Waals surface area contributed by atoms with Crippen LogP contribution in [0.1, 0.15) is 23.7 Å². The Morgan fingerprint density at radius 2 is 1.87 bits per heavy atom. The van der Waals surface area contributed by atoms with Crippen molar-refractivity contribution in [2.75, 3.05) is 0 Å². The van der Waals surface area contributed by atoms with Gasteiger partial charge in [-0.05, 0) is 19.4 Å². The molecule has 0 radical (unpaired) electrons. The molecule has 0 aliphatic carbocycles. The van der Waals surface area contributed by atoms with Gasteiger partial charge >= 0.3 is 0 Å². The summed E-state index contributed by atoms with van der Waals surface area (Å²) >= 11 is 0. The maximum absolute atomic E-state index is 9.89. The van der Waals surface area contributed by atoms with E-state index in [1.807, 2.05) is 31.5 Å². The summed E-state index contributed by atoms with van der Waals surface area (Å²) < 4.78 is 2.14. The zero-order chi connectivity index (χ0) is 16.2. The smallest absolute Gasteiger partial charge is 0.0959 e. The Morgan fingerprint density at radius 3 is 2.57 bits per heavy atom. The quantitative estimate of drug-likeness (QED) is 0.778. The van der Waals surface area contributed by atoms with Gasteiger partial charge in [-0.1, -0.05) is 60.2 Å². The number of hydrogen-bond donors (Lipinski definition) is 1. The molecular weight excluding hydrogens is 284 g/mol. The second kappa shape index (κ2) is 6.80. The number of imidazole rings is 1. The van der Waals surface area contributed by atoms with Crippen LogP contribution in [0.25, 0.3) is 11.3 Å². The molecule has 0 aliphatic rings. The first-order chi connectivity index (χ1) is 11.1. The molecule has 3 nitrogen and oxygen atoms in total. The summed E-state index contributed by atoms with van der Waals surface area (Å²) in [6, 6.07) is 18.6. The van der Waals surface area contributed by atoms with Crippen LogP contribution in [0.4, 0.5) is 0 Å². The largest absolute Gasteiger partial charge is 0.393 e. The molecule has 0 aliphatic heterocycles. The predicted octanol–water partition coefficient (Wildman–Crippen LogP) is 3.83. The Kier molecular flexibility index (Phi) is 4.58. The summed E-state index contributed by atoms with van der Waals surface area (Å²) in [7, 11) is 0. The third-order valence-electron chi connectivity index (χ3n) is 3.92. The highest BCUT2D eigenvalue weighted by molar-refractivity contribution is 5.62. The maximum atomic E-state index is 9.89. The van der Waals surface area contributed by atoms with Gasteiger partial charge in [0.05, 0.1) is 18.1 Å². The first kappa shape index (κ1) is 15.5. The molecule has 0 spiro atoms. The third kappa shape index (κ3) is 3.69. The molecule has 3 rings (SSSR count). The van der Waals surface area contributed by atoms with Crippen molar-refractivity contribution in [2.45, 2.75) is 32.9 Å². The second-order valence-corrected chi connectivity index (χ2v) is 6.08. The number of aromatic nitrogens is 2. The standard InChI is InChI=1S/C20H22N2O/c1-15-7-6-8-17(11-15)13-22-14-21-20(19(22)12-16(2)23)18-9-4-3-5-10-18/h3-11,14,16,23H,12-13H2,1-2H3. The minimum Gasteiger partial charge on any atom is -0.393 e. The average molecular weight is 306 g/mol. The molecule has 0 saturated carbocycles. The molecule has 118 valence electrons. The van der Waals surface area contributed by atoms with E-state index in [4.69, 9.17) is 0 Å². The summed E-state index contributed by atoms with van der Waals surface area (Å²) in [6.45, 7) is 4.69. The Morgan fingerprint density at radius 1 is 1.09 bits per heavy atom. The molecule has 1 N–H and O–H groups in total. The molecular formula is C20H22N2O. The van der Waals surface area contributed by atoms with Crippen molar-refractivity contribution in [1.29, 1.82) is 0 Å². The lowest BCUT2D eigenvalue weighted by atomic mass is 10.1. The van der Waals surface area contributed by atoms with Crippen molar-refractivity contribution in [1.82, 2.24) is 9.55 Å². The SMILES string of the molecule is Cc1cccc(Cn2cnc(-c3ccccc3)c2CC(C)O)c1. The number of benzene rings is 2. The van der Waals surface area contributed by atoms with Gasteiger partial charge < -0.3 is 9.67 Å². The number of hydrogen-bond acceptors (Lipinski definition) is 2. The minimum atomic E-state index is -0.398. The molecule has 1 atom stereocenters. The Balaban J connectivity index is 1.98. The topological polar surface area (TPSA) is 38.0 Å². The third-order valence-corrected chi connectivity index (χ3v) is 3.92. The van der Waals surface area contributed by atoms with Gasteiger partial charge in [0, 0.05) is 24.2 Å². The normalized spacial score (nSPS) is 12.3. The van der Waals surface area contributed by atoms with E-state index in [0.717, 1.165) is 23.5 Å². The molecule has 0 saturated heterocycles. The molecule has 0 amide bonds. The van der Waals surface area contributed by atoms with Crippen LogP contribution in [0.15, 0.2) is 60.9 Å². The fourth-order valence-corrected chi connectivity index (χ4v) is 2.88. The maximum Gasteiger partial charge on any atom is 0.0959 e. The van der Waals surface area contributed by atoms with E-state index in [1.165, 1.54) is 11.1 Å². The van der Waals surface area contributed by atoms with Gasteiger partial charge in [0.1, 0.15) is 0 Å². The van der Waals surface area contributed by atoms with E-state index in [1.54, 1.807) is 0 Å². The lowest BCUT2D eigenvalue weighted by Crippen LogP contribution is -2.11. The van der Waals surface area contributed by atoms with Crippen LogP contribution in [-0.4, -0.2) is 20.8 Å². The molecule has 2 aromatic carbocycles. The van der Waals surface area contributed by atoms with Crippen LogP contribution in [0.2, 0.25) is 0 Å². The molecule has 0 bridgehead atoms. The molecule has 3 heteroatoms. The number of nitrogens with zero attached hydrogens (tertiary/aromatic N) is 2. The molecule has 1 heterocycles. The number of aryl methyl sites for hydroxylation is 1. The zero-order valence-corrected chi connectivity index (χ0v) is 13.6. The van der Waals surface area contributed by atoms with Gasteiger partial charge in [0.15, 0.2) is 0 Å². The predicted molar refractivity (Wildman–Crippen MR) is 93.3 cm³/mol. The van der Waals surface area contributed by atoms with Gasteiger partial charge in [0.25, 0.3) is 0 Å². The zero-order valence-electron chi connectivity index (χ0n) is 13.6. The summed E-state index contributed by atoms with van der Waals surface area (Å²) in [4.78, 5) is 4.61. The summed E-state index contributed by atoms with van der Waals surface area (Å²) in [5, 5.41) is 9.89. The minimum absolute atomic E-state index is 0.398. The number of aliphatic hydroxyl groups excluding tert-OH is 1. The van der Waals surface area contributed by atoms with E-state index < -0.39 is 6.10 Å². The van der Waals surface area contributed by atoms with Crippen LogP contribution in [0.3, 0.4) is 0 Å². The van der Waals surface area contributed by atoms with Gasteiger partial charge in [-0.2, -0.15) is 0 Å². The molecule has 1 unspecified atom stereocenters. The van der Waals surface area contributed by atoms with Crippen LogP contribution < -0.4 is 0 Å².